The molecule has 1 aliphatic carbocycles. The SMILES string of the molecule is CC[C@H]1C(=O)C2(CCC2)[C@@H](O)CC(=O)N[C@H](/C(F)=C/c2csc(C)n2)C/C=C(/C)CCO[C@H](C)[C@H]1O. The van der Waals surface area contributed by atoms with Crippen LogP contribution in [-0.4, -0.2) is 57.8 Å². The molecule has 1 aromatic heterocycles. The summed E-state index contributed by atoms with van der Waals surface area (Å²) in [4.78, 5) is 30.8. The summed E-state index contributed by atoms with van der Waals surface area (Å²) < 4.78 is 21.1. The molecule has 1 aromatic rings. The van der Waals surface area contributed by atoms with Gasteiger partial charge >= 0.3 is 0 Å². The normalized spacial score (nSPS) is 32.5. The first kappa shape index (κ1) is 28.6. The molecule has 9 heteroatoms. The van der Waals surface area contributed by atoms with Gasteiger partial charge < -0.3 is 20.3 Å². The lowest BCUT2D eigenvalue weighted by atomic mass is 9.58. The van der Waals surface area contributed by atoms with Gasteiger partial charge in [0.15, 0.2) is 0 Å². The maximum atomic E-state index is 15.3. The molecule has 200 valence electrons. The number of rotatable bonds is 3. The molecule has 1 spiro atoms. The first-order valence-electron chi connectivity index (χ1n) is 12.8. The number of carbonyl (C=O) groups is 2. The molecule has 1 amide bonds. The van der Waals surface area contributed by atoms with E-state index in [1.165, 1.54) is 17.4 Å². The highest BCUT2D eigenvalue weighted by molar-refractivity contribution is 7.09. The number of ether oxygens (including phenoxy) is 1. The average Bonchev–Trinajstić information content (AvgIpc) is 3.19. The Balaban J connectivity index is 1.89. The van der Waals surface area contributed by atoms with E-state index in [0.717, 1.165) is 17.0 Å². The topological polar surface area (TPSA) is 109 Å². The van der Waals surface area contributed by atoms with Crippen molar-refractivity contribution in [3.8, 4) is 0 Å². The van der Waals surface area contributed by atoms with E-state index in [2.05, 4.69) is 10.3 Å². The van der Waals surface area contributed by atoms with Crippen molar-refractivity contribution in [2.75, 3.05) is 6.61 Å². The molecule has 0 radical (unpaired) electrons. The fraction of sp³-hybridized carbons (Fsp3) is 0.667. The van der Waals surface area contributed by atoms with Crippen molar-refractivity contribution in [1.29, 1.82) is 0 Å². The van der Waals surface area contributed by atoms with Crippen molar-refractivity contribution in [2.45, 2.75) is 97.0 Å². The summed E-state index contributed by atoms with van der Waals surface area (Å²) >= 11 is 1.41. The van der Waals surface area contributed by atoms with Crippen molar-refractivity contribution in [1.82, 2.24) is 10.3 Å². The summed E-state index contributed by atoms with van der Waals surface area (Å²) in [5.41, 5.74) is 0.369. The summed E-state index contributed by atoms with van der Waals surface area (Å²) in [6, 6.07) is -0.923. The number of aryl methyl sites for hydroxylation is 1. The molecule has 0 saturated heterocycles. The number of hydrogen-bond donors (Lipinski definition) is 3. The van der Waals surface area contributed by atoms with Gasteiger partial charge in [0.25, 0.3) is 0 Å². The van der Waals surface area contributed by atoms with E-state index in [0.29, 0.717) is 38.0 Å². The minimum atomic E-state index is -1.21. The van der Waals surface area contributed by atoms with E-state index < -0.39 is 47.4 Å². The Morgan fingerprint density at radius 1 is 1.33 bits per heavy atom. The molecular formula is C27H39FN2O5S. The number of nitrogens with zero attached hydrogens (tertiary/aromatic N) is 1. The number of thiazole rings is 1. The smallest absolute Gasteiger partial charge is 0.223 e. The van der Waals surface area contributed by atoms with Crippen LogP contribution in [0.25, 0.3) is 6.08 Å². The molecule has 3 N–H and O–H groups in total. The van der Waals surface area contributed by atoms with Crippen molar-refractivity contribution < 1.29 is 28.9 Å². The fourth-order valence-electron chi connectivity index (χ4n) is 5.06. The second-order valence-corrected chi connectivity index (χ2v) is 11.2. The number of halogens is 1. The Morgan fingerprint density at radius 3 is 2.64 bits per heavy atom. The highest BCUT2D eigenvalue weighted by Gasteiger charge is 2.53. The fourth-order valence-corrected chi connectivity index (χ4v) is 5.63. The Bertz CT molecular complexity index is 987. The summed E-state index contributed by atoms with van der Waals surface area (Å²) in [5, 5.41) is 27.3. The average molecular weight is 523 g/mol. The van der Waals surface area contributed by atoms with Gasteiger partial charge in [-0.05, 0) is 59.0 Å². The molecule has 0 aromatic carbocycles. The predicted molar refractivity (Wildman–Crippen MR) is 138 cm³/mol. The first-order chi connectivity index (χ1) is 17.1. The highest BCUT2D eigenvalue weighted by atomic mass is 32.1. The number of Topliss-reactive ketones (excluding diaryl/α,β-unsaturated/α-hetero) is 1. The van der Waals surface area contributed by atoms with Gasteiger partial charge in [0.1, 0.15) is 11.6 Å². The molecule has 36 heavy (non-hydrogen) atoms. The molecule has 1 fully saturated rings. The van der Waals surface area contributed by atoms with Gasteiger partial charge in [-0.3, -0.25) is 9.59 Å². The van der Waals surface area contributed by atoms with Crippen LogP contribution in [0.1, 0.15) is 76.4 Å². The van der Waals surface area contributed by atoms with Crippen molar-refractivity contribution >= 4 is 29.1 Å². The maximum Gasteiger partial charge on any atom is 0.223 e. The molecule has 1 saturated carbocycles. The van der Waals surface area contributed by atoms with Crippen LogP contribution >= 0.6 is 11.3 Å². The largest absolute Gasteiger partial charge is 0.392 e. The lowest BCUT2D eigenvalue weighted by Crippen LogP contribution is -2.54. The standard InChI is InChI=1S/C27H39FN2O5S/c1-5-20-25(33)17(3)35-12-9-16(2)7-8-22(21(28)13-19-15-36-18(4)29-19)30-24(32)14-23(31)27(26(20)34)10-6-11-27/h7,13,15,17,20,22-23,25,31,33H,5-6,8-12,14H2,1-4H3,(H,30,32)/b16-7-,21-13-/t17-,20-,22+,23+,25-/m1/s1. The van der Waals surface area contributed by atoms with Crippen LogP contribution in [0.5, 0.6) is 0 Å². The monoisotopic (exact) mass is 522 g/mol. The molecule has 2 aliphatic rings. The maximum absolute atomic E-state index is 15.3. The van der Waals surface area contributed by atoms with Crippen molar-refractivity contribution in [3.05, 3.63) is 33.6 Å². The van der Waals surface area contributed by atoms with Gasteiger partial charge in [0.05, 0.1) is 53.5 Å². The van der Waals surface area contributed by atoms with Crippen LogP contribution in [0.2, 0.25) is 0 Å². The van der Waals surface area contributed by atoms with Crippen LogP contribution < -0.4 is 5.32 Å². The third kappa shape index (κ3) is 6.68. The quantitative estimate of drug-likeness (QED) is 0.512. The summed E-state index contributed by atoms with van der Waals surface area (Å²) in [7, 11) is 0. The predicted octanol–water partition coefficient (Wildman–Crippen LogP) is 4.27. The van der Waals surface area contributed by atoms with Crippen LogP contribution in [0.15, 0.2) is 22.9 Å². The number of nitrogens with one attached hydrogen (secondary N) is 1. The Morgan fingerprint density at radius 2 is 2.06 bits per heavy atom. The minimum Gasteiger partial charge on any atom is -0.392 e. The number of aromatic nitrogens is 1. The Kier molecular flexibility index (Phi) is 9.97. The molecule has 3 rings (SSSR count). The number of aliphatic hydroxyl groups is 2. The third-order valence-electron chi connectivity index (χ3n) is 7.59. The van der Waals surface area contributed by atoms with Crippen molar-refractivity contribution in [2.24, 2.45) is 11.3 Å². The summed E-state index contributed by atoms with van der Waals surface area (Å²) in [6.07, 6.45) is 2.97. The van der Waals surface area contributed by atoms with E-state index in [9.17, 15) is 19.8 Å². The zero-order valence-electron chi connectivity index (χ0n) is 21.6. The van der Waals surface area contributed by atoms with Crippen LogP contribution in [0.4, 0.5) is 4.39 Å². The van der Waals surface area contributed by atoms with Gasteiger partial charge in [0, 0.05) is 11.3 Å². The second-order valence-electron chi connectivity index (χ2n) is 10.2. The lowest BCUT2D eigenvalue weighted by molar-refractivity contribution is -0.158. The van der Waals surface area contributed by atoms with Crippen molar-refractivity contribution in [3.63, 3.8) is 0 Å². The zero-order valence-corrected chi connectivity index (χ0v) is 22.4. The number of carbonyl (C=O) groups excluding carboxylic acids is 2. The van der Waals surface area contributed by atoms with Gasteiger partial charge in [-0.15, -0.1) is 11.3 Å². The highest BCUT2D eigenvalue weighted by Crippen LogP contribution is 2.48. The summed E-state index contributed by atoms with van der Waals surface area (Å²) in [6.45, 7) is 7.66. The van der Waals surface area contributed by atoms with Gasteiger partial charge in [-0.25, -0.2) is 9.37 Å². The van der Waals surface area contributed by atoms with Gasteiger partial charge in [0.2, 0.25) is 5.91 Å². The van der Waals surface area contributed by atoms with E-state index >= 15 is 4.39 Å². The van der Waals surface area contributed by atoms with Gasteiger partial charge in [-0.2, -0.15) is 0 Å². The van der Waals surface area contributed by atoms with Crippen LogP contribution in [0, 0.1) is 18.3 Å². The zero-order chi connectivity index (χ0) is 26.5. The van der Waals surface area contributed by atoms with Gasteiger partial charge in [-0.1, -0.05) is 25.0 Å². The molecule has 5 atom stereocenters. The molecular weight excluding hydrogens is 483 g/mol. The lowest BCUT2D eigenvalue weighted by Gasteiger charge is -2.46. The number of amides is 1. The Hall–Kier alpha value is -1.94. The van der Waals surface area contributed by atoms with Crippen LogP contribution in [0.3, 0.4) is 0 Å². The molecule has 1 aliphatic heterocycles. The third-order valence-corrected chi connectivity index (χ3v) is 8.38. The van der Waals surface area contributed by atoms with E-state index in [1.807, 2.05) is 26.8 Å². The van der Waals surface area contributed by atoms with E-state index in [-0.39, 0.29) is 18.6 Å². The molecule has 0 bridgehead atoms. The van der Waals surface area contributed by atoms with Crippen LogP contribution in [-0.2, 0) is 14.3 Å². The Labute approximate surface area is 216 Å². The summed E-state index contributed by atoms with van der Waals surface area (Å²) in [5.74, 6) is -1.96. The number of hydrogen-bond acceptors (Lipinski definition) is 7. The first-order valence-corrected chi connectivity index (χ1v) is 13.7. The molecule has 7 nitrogen and oxygen atoms in total. The molecule has 0 unspecified atom stereocenters. The molecule has 2 heterocycles. The number of ketones is 1. The van der Waals surface area contributed by atoms with E-state index in [4.69, 9.17) is 4.74 Å². The second kappa shape index (κ2) is 12.5. The number of aliphatic hydroxyl groups excluding tert-OH is 2. The minimum absolute atomic E-state index is 0.218. The van der Waals surface area contributed by atoms with E-state index in [1.54, 1.807) is 12.3 Å².